The summed E-state index contributed by atoms with van der Waals surface area (Å²) in [7, 11) is 0. The van der Waals surface area contributed by atoms with Crippen molar-refractivity contribution in [2.45, 2.75) is 20.8 Å². The highest BCUT2D eigenvalue weighted by molar-refractivity contribution is 6.44. The lowest BCUT2D eigenvalue weighted by Gasteiger charge is -2.15. The molecule has 2 aromatic rings. The number of nitrogens with zero attached hydrogens (tertiary/aromatic N) is 1. The van der Waals surface area contributed by atoms with E-state index in [0.717, 1.165) is 4.90 Å². The van der Waals surface area contributed by atoms with E-state index in [1.54, 1.807) is 48.5 Å². The first-order valence-corrected chi connectivity index (χ1v) is 9.20. The van der Waals surface area contributed by atoms with Crippen LogP contribution in [0.15, 0.2) is 54.3 Å². The molecule has 6 heteroatoms. The van der Waals surface area contributed by atoms with Crippen molar-refractivity contribution < 1.29 is 24.2 Å². The van der Waals surface area contributed by atoms with Gasteiger partial charge in [-0.05, 0) is 54.8 Å². The van der Waals surface area contributed by atoms with Gasteiger partial charge in [0.2, 0.25) is 0 Å². The fraction of sp³-hybridized carbons (Fsp3) is 0.273. The summed E-state index contributed by atoms with van der Waals surface area (Å²) in [6.45, 7) is 7.07. The van der Waals surface area contributed by atoms with E-state index in [1.165, 1.54) is 0 Å². The fourth-order valence-corrected chi connectivity index (χ4v) is 2.85. The van der Waals surface area contributed by atoms with E-state index in [1.807, 2.05) is 20.8 Å². The van der Waals surface area contributed by atoms with Crippen LogP contribution in [0.25, 0.3) is 5.57 Å². The highest BCUT2D eigenvalue weighted by Crippen LogP contribution is 2.33. The molecule has 146 valence electrons. The standard InChI is InChI=1S/C22H23NO5/c1-4-27-17-9-5-15(6-10-17)19-20(24)22(26)23(21(19)25)16-7-11-18(12-8-16)28-13-14(2)3/h5-12,14,24H,4,13H2,1-3H3. The number of anilines is 1. The lowest BCUT2D eigenvalue weighted by Crippen LogP contribution is -2.31. The summed E-state index contributed by atoms with van der Waals surface area (Å²) in [6, 6.07) is 13.3. The molecule has 0 atom stereocenters. The van der Waals surface area contributed by atoms with Crippen molar-refractivity contribution in [3.63, 3.8) is 0 Å². The molecular formula is C22H23NO5. The van der Waals surface area contributed by atoms with Crippen molar-refractivity contribution in [2.24, 2.45) is 5.92 Å². The van der Waals surface area contributed by atoms with Gasteiger partial charge in [-0.2, -0.15) is 0 Å². The largest absolute Gasteiger partial charge is 0.502 e. The Hall–Kier alpha value is -3.28. The Bertz CT molecular complexity index is 898. The number of hydrogen-bond donors (Lipinski definition) is 1. The summed E-state index contributed by atoms with van der Waals surface area (Å²) in [5.41, 5.74) is 0.811. The molecule has 0 aliphatic carbocycles. The lowest BCUT2D eigenvalue weighted by molar-refractivity contribution is -0.121. The Kier molecular flexibility index (Phi) is 5.68. The van der Waals surface area contributed by atoms with Crippen LogP contribution in [-0.4, -0.2) is 30.1 Å². The van der Waals surface area contributed by atoms with Crippen LogP contribution in [0.1, 0.15) is 26.3 Å². The van der Waals surface area contributed by atoms with Crippen molar-refractivity contribution in [2.75, 3.05) is 18.1 Å². The maximum Gasteiger partial charge on any atom is 0.301 e. The van der Waals surface area contributed by atoms with E-state index < -0.39 is 17.6 Å². The van der Waals surface area contributed by atoms with Gasteiger partial charge in [-0.3, -0.25) is 9.59 Å². The number of imide groups is 1. The molecule has 3 rings (SSSR count). The predicted octanol–water partition coefficient (Wildman–Crippen LogP) is 3.96. The molecule has 1 N–H and O–H groups in total. The zero-order valence-corrected chi connectivity index (χ0v) is 16.1. The molecule has 0 bridgehead atoms. The van der Waals surface area contributed by atoms with Gasteiger partial charge in [0.05, 0.1) is 24.5 Å². The molecule has 1 aliphatic rings. The van der Waals surface area contributed by atoms with Crippen molar-refractivity contribution in [1.29, 1.82) is 0 Å². The number of hydrogen-bond acceptors (Lipinski definition) is 5. The minimum Gasteiger partial charge on any atom is -0.502 e. The Morgan fingerprint density at radius 3 is 2.04 bits per heavy atom. The minimum atomic E-state index is -0.746. The third-order valence-corrected chi connectivity index (χ3v) is 4.19. The topological polar surface area (TPSA) is 76.1 Å². The summed E-state index contributed by atoms with van der Waals surface area (Å²) >= 11 is 0. The van der Waals surface area contributed by atoms with Crippen LogP contribution in [-0.2, 0) is 9.59 Å². The summed E-state index contributed by atoms with van der Waals surface area (Å²) in [4.78, 5) is 26.3. The van der Waals surface area contributed by atoms with Gasteiger partial charge in [-0.25, -0.2) is 4.90 Å². The van der Waals surface area contributed by atoms with Crippen LogP contribution < -0.4 is 14.4 Å². The molecule has 1 heterocycles. The van der Waals surface area contributed by atoms with E-state index in [0.29, 0.717) is 41.9 Å². The van der Waals surface area contributed by atoms with E-state index in [9.17, 15) is 14.7 Å². The molecule has 0 fully saturated rings. The van der Waals surface area contributed by atoms with Crippen LogP contribution in [0.4, 0.5) is 5.69 Å². The number of aliphatic hydroxyl groups excluding tert-OH is 1. The highest BCUT2D eigenvalue weighted by atomic mass is 16.5. The number of amides is 2. The van der Waals surface area contributed by atoms with Crippen LogP contribution in [0.5, 0.6) is 11.5 Å². The number of carbonyl (C=O) groups excluding carboxylic acids is 2. The van der Waals surface area contributed by atoms with E-state index in [2.05, 4.69) is 0 Å². The number of rotatable bonds is 7. The SMILES string of the molecule is CCOc1ccc(C2=C(O)C(=O)N(c3ccc(OCC(C)C)cc3)C2=O)cc1. The molecular weight excluding hydrogens is 358 g/mol. The molecule has 0 saturated heterocycles. The van der Waals surface area contributed by atoms with Crippen molar-refractivity contribution in [3.8, 4) is 11.5 Å². The first-order valence-electron chi connectivity index (χ1n) is 9.20. The van der Waals surface area contributed by atoms with Gasteiger partial charge < -0.3 is 14.6 Å². The van der Waals surface area contributed by atoms with Crippen LogP contribution >= 0.6 is 0 Å². The molecule has 2 aromatic carbocycles. The molecule has 6 nitrogen and oxygen atoms in total. The molecule has 0 saturated carbocycles. The second-order valence-corrected chi connectivity index (χ2v) is 6.83. The molecule has 0 unspecified atom stereocenters. The summed E-state index contributed by atoms with van der Waals surface area (Å²) in [6.07, 6.45) is 0. The lowest BCUT2D eigenvalue weighted by atomic mass is 10.1. The Balaban J connectivity index is 1.82. The van der Waals surface area contributed by atoms with Crippen LogP contribution in [0, 0.1) is 5.92 Å². The molecule has 0 aromatic heterocycles. The molecule has 0 radical (unpaired) electrons. The minimum absolute atomic E-state index is 0.0202. The number of carbonyl (C=O) groups is 2. The van der Waals surface area contributed by atoms with Crippen molar-refractivity contribution in [1.82, 2.24) is 0 Å². The van der Waals surface area contributed by atoms with Gasteiger partial charge in [0.25, 0.3) is 5.91 Å². The zero-order chi connectivity index (χ0) is 20.3. The number of ether oxygens (including phenoxy) is 2. The summed E-state index contributed by atoms with van der Waals surface area (Å²) in [5, 5.41) is 10.3. The maximum atomic E-state index is 12.9. The van der Waals surface area contributed by atoms with Crippen LogP contribution in [0.3, 0.4) is 0 Å². The van der Waals surface area contributed by atoms with Gasteiger partial charge in [0.15, 0.2) is 5.76 Å². The zero-order valence-electron chi connectivity index (χ0n) is 16.1. The quantitative estimate of drug-likeness (QED) is 0.735. The summed E-state index contributed by atoms with van der Waals surface area (Å²) in [5.74, 6) is -0.182. The third kappa shape index (κ3) is 3.86. The van der Waals surface area contributed by atoms with Crippen molar-refractivity contribution >= 4 is 23.1 Å². The van der Waals surface area contributed by atoms with Crippen LogP contribution in [0.2, 0.25) is 0 Å². The van der Waals surface area contributed by atoms with Gasteiger partial charge in [0.1, 0.15) is 11.5 Å². The second kappa shape index (κ2) is 8.17. The first kappa shape index (κ1) is 19.5. The Labute approximate surface area is 164 Å². The Morgan fingerprint density at radius 2 is 1.46 bits per heavy atom. The normalized spacial score (nSPS) is 14.2. The maximum absolute atomic E-state index is 12.9. The molecule has 28 heavy (non-hydrogen) atoms. The van der Waals surface area contributed by atoms with Gasteiger partial charge in [-0.1, -0.05) is 26.0 Å². The average Bonchev–Trinajstić information content (AvgIpc) is 2.90. The van der Waals surface area contributed by atoms with E-state index >= 15 is 0 Å². The van der Waals surface area contributed by atoms with E-state index in [4.69, 9.17) is 9.47 Å². The fourth-order valence-electron chi connectivity index (χ4n) is 2.85. The van der Waals surface area contributed by atoms with Gasteiger partial charge in [-0.15, -0.1) is 0 Å². The number of aliphatic hydroxyl groups is 1. The smallest absolute Gasteiger partial charge is 0.301 e. The molecule has 0 spiro atoms. The molecule has 2 amide bonds. The average molecular weight is 381 g/mol. The highest BCUT2D eigenvalue weighted by Gasteiger charge is 2.40. The van der Waals surface area contributed by atoms with Gasteiger partial charge >= 0.3 is 5.91 Å². The summed E-state index contributed by atoms with van der Waals surface area (Å²) < 4.78 is 11.0. The molecule has 1 aliphatic heterocycles. The van der Waals surface area contributed by atoms with Gasteiger partial charge in [0, 0.05) is 0 Å². The predicted molar refractivity (Wildman–Crippen MR) is 106 cm³/mol. The monoisotopic (exact) mass is 381 g/mol. The third-order valence-electron chi connectivity index (χ3n) is 4.19. The second-order valence-electron chi connectivity index (χ2n) is 6.83. The number of benzene rings is 2. The Morgan fingerprint density at radius 1 is 0.893 bits per heavy atom. The van der Waals surface area contributed by atoms with E-state index in [-0.39, 0.29) is 5.57 Å². The first-order chi connectivity index (χ1) is 13.4. The van der Waals surface area contributed by atoms with Crippen molar-refractivity contribution in [3.05, 3.63) is 59.9 Å².